The lowest BCUT2D eigenvalue weighted by Crippen LogP contribution is -2.47. The number of benzene rings is 1. The Morgan fingerprint density at radius 3 is 2.82 bits per heavy atom. The van der Waals surface area contributed by atoms with E-state index in [9.17, 15) is 4.79 Å². The summed E-state index contributed by atoms with van der Waals surface area (Å²) in [6.45, 7) is 2.62. The molecule has 1 amide bonds. The predicted molar refractivity (Wildman–Crippen MR) is 72.7 cm³/mol. The summed E-state index contributed by atoms with van der Waals surface area (Å²) in [6, 6.07) is 7.17. The van der Waals surface area contributed by atoms with E-state index in [2.05, 4.69) is 16.2 Å². The van der Waals surface area contributed by atoms with Crippen molar-refractivity contribution in [3.05, 3.63) is 34.9 Å². The van der Waals surface area contributed by atoms with Crippen molar-refractivity contribution in [3.8, 4) is 0 Å². The normalized spacial score (nSPS) is 9.53. The number of carbonyl (C=O) groups is 1. The van der Waals surface area contributed by atoms with Crippen LogP contribution in [0.25, 0.3) is 0 Å². The number of hydrazine groups is 1. The standard InChI is InChI=1S/C11H14ClN3OS/c1-2-13-11(17)15-14-10(16)7-8-4-3-5-9(12)6-8/h3-6H,2,7H2,1H3,(H,14,16)(H2,13,15,17). The number of thiocarbonyl (C=S) groups is 1. The molecule has 4 nitrogen and oxygen atoms in total. The van der Waals surface area contributed by atoms with Crippen LogP contribution in [0, 0.1) is 0 Å². The van der Waals surface area contributed by atoms with Crippen LogP contribution in [0.4, 0.5) is 0 Å². The Morgan fingerprint density at radius 2 is 2.18 bits per heavy atom. The third kappa shape index (κ3) is 5.51. The number of hydrogen-bond acceptors (Lipinski definition) is 2. The molecule has 0 aliphatic heterocycles. The molecule has 1 aromatic carbocycles. The number of hydrogen-bond donors (Lipinski definition) is 3. The molecule has 0 heterocycles. The zero-order valence-electron chi connectivity index (χ0n) is 9.42. The van der Waals surface area contributed by atoms with Crippen molar-refractivity contribution in [3.63, 3.8) is 0 Å². The number of amides is 1. The van der Waals surface area contributed by atoms with Crippen molar-refractivity contribution in [2.45, 2.75) is 13.3 Å². The lowest BCUT2D eigenvalue weighted by molar-refractivity contribution is -0.121. The van der Waals surface area contributed by atoms with Gasteiger partial charge in [-0.15, -0.1) is 0 Å². The van der Waals surface area contributed by atoms with Gasteiger partial charge in [-0.2, -0.15) is 0 Å². The molecule has 0 spiro atoms. The molecule has 0 aliphatic carbocycles. The molecule has 0 radical (unpaired) electrons. The molecule has 3 N–H and O–H groups in total. The topological polar surface area (TPSA) is 53.2 Å². The molecule has 0 fully saturated rings. The van der Waals surface area contributed by atoms with E-state index in [-0.39, 0.29) is 12.3 Å². The van der Waals surface area contributed by atoms with Gasteiger partial charge in [0.25, 0.3) is 0 Å². The Hall–Kier alpha value is -1.33. The molecular weight excluding hydrogens is 258 g/mol. The lowest BCUT2D eigenvalue weighted by atomic mass is 10.1. The fourth-order valence-electron chi connectivity index (χ4n) is 1.21. The summed E-state index contributed by atoms with van der Waals surface area (Å²) >= 11 is 10.7. The van der Waals surface area contributed by atoms with Gasteiger partial charge in [0.15, 0.2) is 5.11 Å². The van der Waals surface area contributed by atoms with E-state index in [1.54, 1.807) is 12.1 Å². The first kappa shape index (κ1) is 13.7. The molecule has 0 atom stereocenters. The average molecular weight is 272 g/mol. The molecule has 92 valence electrons. The summed E-state index contributed by atoms with van der Waals surface area (Å²) in [7, 11) is 0. The van der Waals surface area contributed by atoms with Crippen molar-refractivity contribution < 1.29 is 4.79 Å². The van der Waals surface area contributed by atoms with E-state index in [0.717, 1.165) is 5.56 Å². The molecule has 0 saturated carbocycles. The Kier molecular flexibility index (Phi) is 5.72. The first-order chi connectivity index (χ1) is 8.11. The van der Waals surface area contributed by atoms with Crippen LogP contribution in [0.5, 0.6) is 0 Å². The highest BCUT2D eigenvalue weighted by atomic mass is 35.5. The number of halogens is 1. The molecule has 1 aromatic rings. The average Bonchev–Trinajstić information content (AvgIpc) is 2.27. The Balaban J connectivity index is 2.37. The van der Waals surface area contributed by atoms with Crippen LogP contribution >= 0.6 is 23.8 Å². The summed E-state index contributed by atoms with van der Waals surface area (Å²) in [5.74, 6) is -0.174. The van der Waals surface area contributed by atoms with E-state index in [0.29, 0.717) is 16.7 Å². The van der Waals surface area contributed by atoms with Crippen LogP contribution < -0.4 is 16.2 Å². The summed E-state index contributed by atoms with van der Waals surface area (Å²) in [4.78, 5) is 11.5. The minimum atomic E-state index is -0.174. The van der Waals surface area contributed by atoms with Crippen LogP contribution in [-0.2, 0) is 11.2 Å². The molecule has 6 heteroatoms. The quantitative estimate of drug-likeness (QED) is 0.575. The zero-order chi connectivity index (χ0) is 12.7. The zero-order valence-corrected chi connectivity index (χ0v) is 11.0. The van der Waals surface area contributed by atoms with Gasteiger partial charge in [-0.3, -0.25) is 15.6 Å². The van der Waals surface area contributed by atoms with Gasteiger partial charge in [0.05, 0.1) is 6.42 Å². The monoisotopic (exact) mass is 271 g/mol. The van der Waals surface area contributed by atoms with Crippen LogP contribution in [0.1, 0.15) is 12.5 Å². The first-order valence-corrected chi connectivity index (χ1v) is 5.97. The van der Waals surface area contributed by atoms with E-state index < -0.39 is 0 Å². The van der Waals surface area contributed by atoms with Crippen LogP contribution in [0.3, 0.4) is 0 Å². The smallest absolute Gasteiger partial charge is 0.242 e. The summed E-state index contributed by atoms with van der Waals surface area (Å²) < 4.78 is 0. The van der Waals surface area contributed by atoms with Crippen molar-refractivity contribution in [2.24, 2.45) is 0 Å². The van der Waals surface area contributed by atoms with Crippen LogP contribution in [0.15, 0.2) is 24.3 Å². The molecule has 0 unspecified atom stereocenters. The van der Waals surface area contributed by atoms with Gasteiger partial charge in [0, 0.05) is 11.6 Å². The van der Waals surface area contributed by atoms with Crippen molar-refractivity contribution in [1.29, 1.82) is 0 Å². The molecule has 1 rings (SSSR count). The maximum atomic E-state index is 11.5. The van der Waals surface area contributed by atoms with Crippen molar-refractivity contribution >= 4 is 34.8 Å². The minimum Gasteiger partial charge on any atom is -0.362 e. The fourth-order valence-corrected chi connectivity index (χ4v) is 1.62. The second-order valence-electron chi connectivity index (χ2n) is 3.34. The first-order valence-electron chi connectivity index (χ1n) is 5.19. The third-order valence-electron chi connectivity index (χ3n) is 1.91. The Labute approximate surface area is 111 Å². The van der Waals surface area contributed by atoms with Crippen molar-refractivity contribution in [1.82, 2.24) is 16.2 Å². The van der Waals surface area contributed by atoms with Gasteiger partial charge in [0.1, 0.15) is 0 Å². The largest absolute Gasteiger partial charge is 0.362 e. The number of carbonyl (C=O) groups excluding carboxylic acids is 1. The van der Waals surface area contributed by atoms with Gasteiger partial charge < -0.3 is 5.32 Å². The second kappa shape index (κ2) is 7.09. The molecule has 0 bridgehead atoms. The fraction of sp³-hybridized carbons (Fsp3) is 0.273. The lowest BCUT2D eigenvalue weighted by Gasteiger charge is -2.10. The highest BCUT2D eigenvalue weighted by Gasteiger charge is 2.03. The molecular formula is C11H14ClN3OS. The van der Waals surface area contributed by atoms with Gasteiger partial charge in [-0.05, 0) is 36.8 Å². The summed E-state index contributed by atoms with van der Waals surface area (Å²) in [5, 5.41) is 3.87. The summed E-state index contributed by atoms with van der Waals surface area (Å²) in [6.07, 6.45) is 0.252. The van der Waals surface area contributed by atoms with Crippen LogP contribution in [-0.4, -0.2) is 17.6 Å². The predicted octanol–water partition coefficient (Wildman–Crippen LogP) is 1.40. The van der Waals surface area contributed by atoms with Gasteiger partial charge >= 0.3 is 0 Å². The Bertz CT molecular complexity index is 411. The minimum absolute atomic E-state index is 0.174. The Morgan fingerprint density at radius 1 is 1.41 bits per heavy atom. The number of nitrogens with one attached hydrogen (secondary N) is 3. The van der Waals surface area contributed by atoms with Crippen LogP contribution in [0.2, 0.25) is 5.02 Å². The molecule has 17 heavy (non-hydrogen) atoms. The van der Waals surface area contributed by atoms with E-state index in [4.69, 9.17) is 23.8 Å². The summed E-state index contributed by atoms with van der Waals surface area (Å²) in [5.41, 5.74) is 5.96. The second-order valence-corrected chi connectivity index (χ2v) is 4.18. The highest BCUT2D eigenvalue weighted by molar-refractivity contribution is 7.80. The molecule has 0 aromatic heterocycles. The maximum absolute atomic E-state index is 11.5. The van der Waals surface area contributed by atoms with Gasteiger partial charge in [-0.25, -0.2) is 0 Å². The van der Waals surface area contributed by atoms with Gasteiger partial charge in [0.2, 0.25) is 5.91 Å². The van der Waals surface area contributed by atoms with Crippen molar-refractivity contribution in [2.75, 3.05) is 6.54 Å². The third-order valence-corrected chi connectivity index (χ3v) is 2.39. The number of rotatable bonds is 3. The molecule has 0 aliphatic rings. The van der Waals surface area contributed by atoms with E-state index in [1.165, 1.54) is 0 Å². The SMILES string of the molecule is CCNC(=S)NNC(=O)Cc1cccc(Cl)c1. The molecule has 0 saturated heterocycles. The maximum Gasteiger partial charge on any atom is 0.242 e. The highest BCUT2D eigenvalue weighted by Crippen LogP contribution is 2.10. The van der Waals surface area contributed by atoms with Gasteiger partial charge in [-0.1, -0.05) is 23.7 Å². The van der Waals surface area contributed by atoms with E-state index in [1.807, 2.05) is 19.1 Å². The van der Waals surface area contributed by atoms with E-state index >= 15 is 0 Å².